The van der Waals surface area contributed by atoms with Gasteiger partial charge in [-0.2, -0.15) is 0 Å². The monoisotopic (exact) mass is 225 g/mol. The van der Waals surface area contributed by atoms with E-state index in [4.69, 9.17) is 0 Å². The number of carbonyl (C=O) groups excluding carboxylic acids is 1. The average Bonchev–Trinajstić information content (AvgIpc) is 2.70. The third-order valence-corrected chi connectivity index (χ3v) is 3.16. The number of thioether (sulfide) groups is 1. The topological polar surface area (TPSA) is 49.7 Å². The first-order valence-corrected chi connectivity index (χ1v) is 5.34. The Labute approximate surface area is 90.0 Å². The molecule has 0 amide bonds. The molecule has 78 valence electrons. The second-order valence-corrected chi connectivity index (χ2v) is 4.09. The SMILES string of the molecule is O=CC1CSC(c2cccc(F)c2O)=N1. The van der Waals surface area contributed by atoms with Crippen LogP contribution >= 0.6 is 11.8 Å². The van der Waals surface area contributed by atoms with Crippen LogP contribution < -0.4 is 0 Å². The Morgan fingerprint density at radius 2 is 2.40 bits per heavy atom. The van der Waals surface area contributed by atoms with E-state index in [9.17, 15) is 14.3 Å². The van der Waals surface area contributed by atoms with E-state index in [2.05, 4.69) is 4.99 Å². The van der Waals surface area contributed by atoms with Crippen molar-refractivity contribution in [2.24, 2.45) is 4.99 Å². The van der Waals surface area contributed by atoms with E-state index in [1.165, 1.54) is 23.9 Å². The van der Waals surface area contributed by atoms with Crippen molar-refractivity contribution in [2.45, 2.75) is 6.04 Å². The first-order chi connectivity index (χ1) is 7.22. The Morgan fingerprint density at radius 1 is 1.60 bits per heavy atom. The molecule has 0 saturated carbocycles. The largest absolute Gasteiger partial charge is 0.504 e. The van der Waals surface area contributed by atoms with Crippen LogP contribution in [-0.2, 0) is 4.79 Å². The maximum atomic E-state index is 13.0. The quantitative estimate of drug-likeness (QED) is 0.777. The summed E-state index contributed by atoms with van der Waals surface area (Å²) in [6, 6.07) is 3.88. The Kier molecular flexibility index (Phi) is 2.73. The lowest BCUT2D eigenvalue weighted by Gasteiger charge is -2.03. The van der Waals surface area contributed by atoms with Crippen molar-refractivity contribution in [3.05, 3.63) is 29.6 Å². The van der Waals surface area contributed by atoms with E-state index in [-0.39, 0.29) is 6.04 Å². The molecule has 3 nitrogen and oxygen atoms in total. The summed E-state index contributed by atoms with van der Waals surface area (Å²) in [6.07, 6.45) is 0.746. The number of hydrogen-bond donors (Lipinski definition) is 1. The van der Waals surface area contributed by atoms with E-state index in [1.807, 2.05) is 0 Å². The Morgan fingerprint density at radius 3 is 3.07 bits per heavy atom. The number of phenols is 1. The van der Waals surface area contributed by atoms with Crippen LogP contribution in [0.4, 0.5) is 4.39 Å². The average molecular weight is 225 g/mol. The van der Waals surface area contributed by atoms with Crippen molar-refractivity contribution < 1.29 is 14.3 Å². The molecule has 0 radical (unpaired) electrons. The number of aliphatic imine (C=N–C) groups is 1. The van der Waals surface area contributed by atoms with Crippen LogP contribution in [0.3, 0.4) is 0 Å². The lowest BCUT2D eigenvalue weighted by atomic mass is 10.2. The number of para-hydroxylation sites is 1. The minimum atomic E-state index is -0.676. The van der Waals surface area contributed by atoms with Gasteiger partial charge in [0, 0.05) is 5.75 Å². The van der Waals surface area contributed by atoms with Crippen LogP contribution in [0.15, 0.2) is 23.2 Å². The number of aldehydes is 1. The van der Waals surface area contributed by atoms with Gasteiger partial charge in [0.05, 0.1) is 5.56 Å². The molecular weight excluding hydrogens is 217 g/mol. The smallest absolute Gasteiger partial charge is 0.165 e. The molecule has 0 spiro atoms. The van der Waals surface area contributed by atoms with Crippen molar-refractivity contribution in [1.82, 2.24) is 0 Å². The van der Waals surface area contributed by atoms with Gasteiger partial charge in [0.15, 0.2) is 11.6 Å². The van der Waals surface area contributed by atoms with E-state index >= 15 is 0 Å². The molecule has 1 N–H and O–H groups in total. The van der Waals surface area contributed by atoms with Crippen molar-refractivity contribution in [3.8, 4) is 5.75 Å². The Hall–Kier alpha value is -1.36. The number of halogens is 1. The van der Waals surface area contributed by atoms with E-state index < -0.39 is 11.6 Å². The molecular formula is C10H8FNO2S. The van der Waals surface area contributed by atoms with Crippen molar-refractivity contribution in [2.75, 3.05) is 5.75 Å². The zero-order valence-electron chi connectivity index (χ0n) is 7.68. The summed E-state index contributed by atoms with van der Waals surface area (Å²) >= 11 is 1.34. The van der Waals surface area contributed by atoms with Gasteiger partial charge in [0.25, 0.3) is 0 Å². The number of aromatic hydroxyl groups is 1. The normalized spacial score (nSPS) is 20.1. The minimum Gasteiger partial charge on any atom is -0.504 e. The lowest BCUT2D eigenvalue weighted by molar-refractivity contribution is -0.108. The molecule has 1 aromatic rings. The summed E-state index contributed by atoms with van der Waals surface area (Å²) < 4.78 is 13.0. The second kappa shape index (κ2) is 4.02. The van der Waals surface area contributed by atoms with Crippen LogP contribution in [0.5, 0.6) is 5.75 Å². The zero-order chi connectivity index (χ0) is 10.8. The number of nitrogens with zero attached hydrogens (tertiary/aromatic N) is 1. The van der Waals surface area contributed by atoms with Gasteiger partial charge < -0.3 is 9.90 Å². The van der Waals surface area contributed by atoms with Gasteiger partial charge in [0.2, 0.25) is 0 Å². The fourth-order valence-corrected chi connectivity index (χ4v) is 2.31. The molecule has 0 aliphatic carbocycles. The molecule has 1 atom stereocenters. The summed E-state index contributed by atoms with van der Waals surface area (Å²) in [7, 11) is 0. The third-order valence-electron chi connectivity index (χ3n) is 2.05. The van der Waals surface area contributed by atoms with Crippen LogP contribution in [-0.4, -0.2) is 28.2 Å². The van der Waals surface area contributed by atoms with E-state index in [0.29, 0.717) is 16.4 Å². The summed E-state index contributed by atoms with van der Waals surface area (Å²) in [4.78, 5) is 14.5. The predicted molar refractivity (Wildman–Crippen MR) is 56.9 cm³/mol. The summed E-state index contributed by atoms with van der Waals surface area (Å²) in [5.74, 6) is -0.532. The maximum Gasteiger partial charge on any atom is 0.165 e. The molecule has 0 bridgehead atoms. The number of carbonyl (C=O) groups is 1. The standard InChI is InChI=1S/C10H8FNO2S/c11-8-3-1-2-7(9(8)14)10-12-6(4-13)5-15-10/h1-4,6,14H,5H2. The highest BCUT2D eigenvalue weighted by atomic mass is 32.2. The van der Waals surface area contributed by atoms with Gasteiger partial charge in [-0.3, -0.25) is 4.99 Å². The molecule has 1 aliphatic rings. The molecule has 5 heteroatoms. The van der Waals surface area contributed by atoms with E-state index in [0.717, 1.165) is 6.29 Å². The highest BCUT2D eigenvalue weighted by molar-refractivity contribution is 8.14. The molecule has 1 heterocycles. The first kappa shape index (κ1) is 10.2. The van der Waals surface area contributed by atoms with Crippen LogP contribution in [0.1, 0.15) is 5.56 Å². The van der Waals surface area contributed by atoms with Crippen LogP contribution in [0.25, 0.3) is 0 Å². The zero-order valence-corrected chi connectivity index (χ0v) is 8.50. The first-order valence-electron chi connectivity index (χ1n) is 4.36. The molecule has 1 unspecified atom stereocenters. The van der Waals surface area contributed by atoms with E-state index in [1.54, 1.807) is 6.07 Å². The van der Waals surface area contributed by atoms with Crippen LogP contribution in [0.2, 0.25) is 0 Å². The fraction of sp³-hybridized carbons (Fsp3) is 0.200. The van der Waals surface area contributed by atoms with Crippen molar-refractivity contribution in [1.29, 1.82) is 0 Å². The van der Waals surface area contributed by atoms with Crippen molar-refractivity contribution in [3.63, 3.8) is 0 Å². The minimum absolute atomic E-state index is 0.351. The molecule has 0 fully saturated rings. The number of phenolic OH excluding ortho intramolecular Hbond substituents is 1. The molecule has 15 heavy (non-hydrogen) atoms. The molecule has 1 aliphatic heterocycles. The molecule has 1 aromatic carbocycles. The fourth-order valence-electron chi connectivity index (χ4n) is 1.29. The second-order valence-electron chi connectivity index (χ2n) is 3.08. The summed E-state index contributed by atoms with van der Waals surface area (Å²) in [5, 5.41) is 9.98. The lowest BCUT2D eigenvalue weighted by Crippen LogP contribution is -2.03. The van der Waals surface area contributed by atoms with Gasteiger partial charge in [-0.1, -0.05) is 6.07 Å². The van der Waals surface area contributed by atoms with Gasteiger partial charge in [-0.15, -0.1) is 11.8 Å². The van der Waals surface area contributed by atoms with Crippen LogP contribution in [0, 0.1) is 5.82 Å². The third kappa shape index (κ3) is 1.87. The number of hydrogen-bond acceptors (Lipinski definition) is 4. The number of rotatable bonds is 2. The molecule has 0 aromatic heterocycles. The van der Waals surface area contributed by atoms with Crippen molar-refractivity contribution >= 4 is 23.1 Å². The van der Waals surface area contributed by atoms with Gasteiger partial charge in [-0.25, -0.2) is 4.39 Å². The number of benzene rings is 1. The predicted octanol–water partition coefficient (Wildman–Crippen LogP) is 1.59. The van der Waals surface area contributed by atoms with Gasteiger partial charge in [-0.05, 0) is 12.1 Å². The highest BCUT2D eigenvalue weighted by Gasteiger charge is 2.21. The van der Waals surface area contributed by atoms with Gasteiger partial charge in [0.1, 0.15) is 17.4 Å². The summed E-state index contributed by atoms with van der Waals surface area (Å²) in [5.41, 5.74) is 0.351. The summed E-state index contributed by atoms with van der Waals surface area (Å²) in [6.45, 7) is 0. The Balaban J connectivity index is 2.39. The molecule has 2 rings (SSSR count). The Bertz CT molecular complexity index is 433. The molecule has 0 saturated heterocycles. The van der Waals surface area contributed by atoms with Gasteiger partial charge >= 0.3 is 0 Å². The highest BCUT2D eigenvalue weighted by Crippen LogP contribution is 2.29. The maximum absolute atomic E-state index is 13.0.